The lowest BCUT2D eigenvalue weighted by Crippen LogP contribution is -1.74. The lowest BCUT2D eigenvalue weighted by Gasteiger charge is -1.83. The molecule has 0 spiro atoms. The molecule has 1 N–H and O–H groups in total. The van der Waals surface area contributed by atoms with Crippen LogP contribution in [0.2, 0.25) is 0 Å². The summed E-state index contributed by atoms with van der Waals surface area (Å²) in [6.45, 7) is 11.5. The largest absolute Gasteiger partial charge is 0.346 e. The van der Waals surface area contributed by atoms with Gasteiger partial charge in [0.05, 0.1) is 5.69 Å². The molecule has 1 aromatic heterocycles. The Morgan fingerprint density at radius 3 is 2.31 bits per heavy atom. The first-order chi connectivity index (χ1) is 6.24. The van der Waals surface area contributed by atoms with Crippen molar-refractivity contribution in [1.29, 1.82) is 0 Å². The number of H-pyrrole nitrogens is 1. The molecule has 0 radical (unpaired) electrons. The molecule has 0 bridgehead atoms. The monoisotopic (exact) mass is 178 g/mol. The van der Waals surface area contributed by atoms with Gasteiger partial charge in [-0.2, -0.15) is 0 Å². The number of aryl methyl sites for hydroxylation is 2. The van der Waals surface area contributed by atoms with E-state index in [9.17, 15) is 0 Å². The molecular formula is C11H18N2. The highest BCUT2D eigenvalue weighted by Gasteiger charge is 1.97. The maximum Gasteiger partial charge on any atom is 0.103 e. The fourth-order valence-corrected chi connectivity index (χ4v) is 0.949. The molecule has 0 aromatic carbocycles. The van der Waals surface area contributed by atoms with E-state index >= 15 is 0 Å². The first kappa shape index (κ1) is 11.7. The summed E-state index contributed by atoms with van der Waals surface area (Å²) in [7, 11) is 0. The molecule has 1 rings (SSSR count). The second-order valence-corrected chi connectivity index (χ2v) is 2.43. The molecule has 0 fully saturated rings. The highest BCUT2D eigenvalue weighted by molar-refractivity contribution is 5.49. The van der Waals surface area contributed by atoms with Gasteiger partial charge in [0, 0.05) is 5.69 Å². The van der Waals surface area contributed by atoms with Gasteiger partial charge in [0.15, 0.2) is 0 Å². The lowest BCUT2D eigenvalue weighted by molar-refractivity contribution is 1.13. The number of aromatic amines is 1. The van der Waals surface area contributed by atoms with Crippen LogP contribution in [-0.4, -0.2) is 9.97 Å². The maximum absolute atomic E-state index is 4.26. The average Bonchev–Trinajstić information content (AvgIpc) is 2.45. The second-order valence-electron chi connectivity index (χ2n) is 2.43. The molecule has 2 nitrogen and oxygen atoms in total. The smallest absolute Gasteiger partial charge is 0.103 e. The second kappa shape index (κ2) is 6.23. The molecule has 2 heteroatoms. The zero-order valence-electron chi connectivity index (χ0n) is 8.89. The number of nitrogens with one attached hydrogen (secondary N) is 1. The summed E-state index contributed by atoms with van der Waals surface area (Å²) in [5.74, 6) is 0.950. The van der Waals surface area contributed by atoms with E-state index in [1.807, 2.05) is 39.8 Å². The van der Waals surface area contributed by atoms with Crippen LogP contribution in [0.5, 0.6) is 0 Å². The van der Waals surface area contributed by atoms with E-state index in [1.54, 1.807) is 6.08 Å². The van der Waals surface area contributed by atoms with Crippen molar-refractivity contribution in [3.63, 3.8) is 0 Å². The van der Waals surface area contributed by atoms with Crippen molar-refractivity contribution in [3.8, 4) is 0 Å². The van der Waals surface area contributed by atoms with Crippen molar-refractivity contribution in [1.82, 2.24) is 9.97 Å². The Morgan fingerprint density at radius 1 is 1.31 bits per heavy atom. The molecule has 0 atom stereocenters. The Morgan fingerprint density at radius 2 is 1.92 bits per heavy atom. The van der Waals surface area contributed by atoms with Crippen LogP contribution in [-0.2, 0) is 0 Å². The summed E-state index contributed by atoms with van der Waals surface area (Å²) in [6, 6.07) is 0. The van der Waals surface area contributed by atoms with Crippen molar-refractivity contribution in [2.45, 2.75) is 27.7 Å². The van der Waals surface area contributed by atoms with E-state index in [0.29, 0.717) is 0 Å². The quantitative estimate of drug-likeness (QED) is 0.692. The van der Waals surface area contributed by atoms with Gasteiger partial charge in [-0.25, -0.2) is 4.98 Å². The SMILES string of the molecule is C=C/C=C\c1nc(C)[nH]c1C.CC. The number of nitrogens with zero attached hydrogens (tertiary/aromatic N) is 1. The van der Waals surface area contributed by atoms with E-state index in [1.165, 1.54) is 0 Å². The van der Waals surface area contributed by atoms with Gasteiger partial charge in [0.1, 0.15) is 5.82 Å². The predicted octanol–water partition coefficient (Wildman–Crippen LogP) is 3.25. The third-order valence-corrected chi connectivity index (χ3v) is 1.43. The summed E-state index contributed by atoms with van der Waals surface area (Å²) in [6.07, 6.45) is 5.55. The first-order valence-electron chi connectivity index (χ1n) is 4.56. The molecule has 0 saturated heterocycles. The minimum Gasteiger partial charge on any atom is -0.346 e. The van der Waals surface area contributed by atoms with Gasteiger partial charge in [0.2, 0.25) is 0 Å². The Bertz CT molecular complexity index is 282. The number of hydrogen-bond donors (Lipinski definition) is 1. The van der Waals surface area contributed by atoms with Crippen LogP contribution in [0.4, 0.5) is 0 Å². The summed E-state index contributed by atoms with van der Waals surface area (Å²) in [5, 5.41) is 0. The molecule has 0 saturated carbocycles. The van der Waals surface area contributed by atoms with E-state index < -0.39 is 0 Å². The van der Waals surface area contributed by atoms with Gasteiger partial charge in [-0.15, -0.1) is 0 Å². The Kier molecular flexibility index (Phi) is 5.60. The van der Waals surface area contributed by atoms with Gasteiger partial charge >= 0.3 is 0 Å². The number of aromatic nitrogens is 2. The minimum absolute atomic E-state index is 0.950. The number of imidazole rings is 1. The van der Waals surface area contributed by atoms with Crippen molar-refractivity contribution in [2.24, 2.45) is 0 Å². The van der Waals surface area contributed by atoms with Gasteiger partial charge in [0.25, 0.3) is 0 Å². The van der Waals surface area contributed by atoms with Gasteiger partial charge in [-0.3, -0.25) is 0 Å². The normalized spacial score (nSPS) is 9.54. The van der Waals surface area contributed by atoms with Crippen molar-refractivity contribution < 1.29 is 0 Å². The summed E-state index contributed by atoms with van der Waals surface area (Å²) in [4.78, 5) is 7.38. The number of allylic oxidation sites excluding steroid dienone is 2. The zero-order chi connectivity index (χ0) is 10.3. The first-order valence-corrected chi connectivity index (χ1v) is 4.56. The van der Waals surface area contributed by atoms with Crippen molar-refractivity contribution in [3.05, 3.63) is 35.9 Å². The highest BCUT2D eigenvalue weighted by atomic mass is 14.9. The van der Waals surface area contributed by atoms with E-state index in [0.717, 1.165) is 17.2 Å². The molecule has 13 heavy (non-hydrogen) atoms. The number of hydrogen-bond acceptors (Lipinski definition) is 1. The predicted molar refractivity (Wildman–Crippen MR) is 58.6 cm³/mol. The maximum atomic E-state index is 4.26. The summed E-state index contributed by atoms with van der Waals surface area (Å²) in [5.41, 5.74) is 2.09. The standard InChI is InChI=1S/C9H12N2.C2H6/c1-4-5-6-9-7(2)10-8(3)11-9;1-2/h4-6H,1H2,2-3H3,(H,10,11);1-2H3/b6-5-;. The fraction of sp³-hybridized carbons (Fsp3) is 0.364. The Hall–Kier alpha value is -1.31. The Balaban J connectivity index is 0.000000671. The van der Waals surface area contributed by atoms with Crippen molar-refractivity contribution >= 4 is 6.08 Å². The molecule has 0 amide bonds. The van der Waals surface area contributed by atoms with Crippen molar-refractivity contribution in [2.75, 3.05) is 0 Å². The summed E-state index contributed by atoms with van der Waals surface area (Å²) < 4.78 is 0. The van der Waals surface area contributed by atoms with Crippen LogP contribution >= 0.6 is 0 Å². The third kappa shape index (κ3) is 3.74. The van der Waals surface area contributed by atoms with Gasteiger partial charge in [-0.1, -0.05) is 32.6 Å². The molecule has 0 aliphatic rings. The molecule has 0 unspecified atom stereocenters. The van der Waals surface area contributed by atoms with E-state index in [2.05, 4.69) is 16.5 Å². The molecule has 0 aliphatic heterocycles. The Labute approximate surface area is 80.4 Å². The van der Waals surface area contributed by atoms with Crippen LogP contribution < -0.4 is 0 Å². The van der Waals surface area contributed by atoms with Crippen LogP contribution in [0.25, 0.3) is 6.08 Å². The minimum atomic E-state index is 0.950. The van der Waals surface area contributed by atoms with E-state index in [-0.39, 0.29) is 0 Å². The summed E-state index contributed by atoms with van der Waals surface area (Å²) >= 11 is 0. The third-order valence-electron chi connectivity index (χ3n) is 1.43. The molecule has 0 aliphatic carbocycles. The van der Waals surface area contributed by atoms with E-state index in [4.69, 9.17) is 0 Å². The molecular weight excluding hydrogens is 160 g/mol. The fourth-order valence-electron chi connectivity index (χ4n) is 0.949. The van der Waals surface area contributed by atoms with Crippen LogP contribution in [0.15, 0.2) is 18.7 Å². The van der Waals surface area contributed by atoms with Crippen LogP contribution in [0, 0.1) is 13.8 Å². The van der Waals surface area contributed by atoms with Gasteiger partial charge < -0.3 is 4.98 Å². The average molecular weight is 178 g/mol. The zero-order valence-corrected chi connectivity index (χ0v) is 8.89. The number of rotatable bonds is 2. The van der Waals surface area contributed by atoms with Crippen LogP contribution in [0.1, 0.15) is 31.1 Å². The topological polar surface area (TPSA) is 28.7 Å². The highest BCUT2D eigenvalue weighted by Crippen LogP contribution is 2.05. The molecule has 72 valence electrons. The molecule has 1 heterocycles. The van der Waals surface area contributed by atoms with Gasteiger partial charge in [-0.05, 0) is 19.9 Å². The lowest BCUT2D eigenvalue weighted by atomic mass is 10.3. The molecule has 1 aromatic rings. The van der Waals surface area contributed by atoms with Crippen LogP contribution in [0.3, 0.4) is 0 Å².